The fraction of sp³-hybridized carbons (Fsp3) is 0.727. The van der Waals surface area contributed by atoms with E-state index in [4.69, 9.17) is 19.0 Å². The topological polar surface area (TPSA) is 55.4 Å². The Morgan fingerprint density at radius 2 is 1.72 bits per heavy atom. The maximum atomic E-state index is 5.66. The van der Waals surface area contributed by atoms with Gasteiger partial charge in [-0.15, -0.1) is 0 Å². The third-order valence-corrected chi connectivity index (χ3v) is 6.00. The van der Waals surface area contributed by atoms with Crippen LogP contribution in [-0.4, -0.2) is 76.4 Å². The van der Waals surface area contributed by atoms with Crippen molar-refractivity contribution in [1.82, 2.24) is 15.3 Å². The Hall–Kier alpha value is -1.70. The average Bonchev–Trinajstić information content (AvgIpc) is 2.77. The molecule has 29 heavy (non-hydrogen) atoms. The smallest absolute Gasteiger partial charge is 0.203 e. The summed E-state index contributed by atoms with van der Waals surface area (Å²) in [6.07, 6.45) is 7.73. The Morgan fingerprint density at radius 3 is 2.45 bits per heavy atom. The van der Waals surface area contributed by atoms with Crippen molar-refractivity contribution in [1.29, 1.82) is 0 Å². The quantitative estimate of drug-likeness (QED) is 0.447. The van der Waals surface area contributed by atoms with Crippen molar-refractivity contribution in [3.05, 3.63) is 12.1 Å². The molecule has 1 N–H and O–H groups in total. The fourth-order valence-corrected chi connectivity index (χ4v) is 4.38. The molecule has 1 unspecified atom stereocenters. The lowest BCUT2D eigenvalue weighted by Crippen LogP contribution is -2.54. The normalized spacial score (nSPS) is 20.2. The predicted molar refractivity (Wildman–Crippen MR) is 114 cm³/mol. The number of hydrogen-bond acceptors (Lipinski definition) is 7. The van der Waals surface area contributed by atoms with E-state index in [1.807, 2.05) is 0 Å². The molecule has 1 aromatic rings. The molecule has 1 atom stereocenters. The molecule has 0 saturated carbocycles. The van der Waals surface area contributed by atoms with Gasteiger partial charge in [0.15, 0.2) is 17.2 Å². The summed E-state index contributed by atoms with van der Waals surface area (Å²) < 4.78 is 16.0. The molecule has 0 amide bonds. The molecule has 0 aliphatic carbocycles. The number of hydrogen-bond donors (Lipinski definition) is 1. The molecule has 7 heteroatoms. The van der Waals surface area contributed by atoms with Crippen LogP contribution in [0.15, 0.2) is 12.1 Å². The van der Waals surface area contributed by atoms with Gasteiger partial charge in [-0.3, -0.25) is 4.90 Å². The van der Waals surface area contributed by atoms with E-state index in [0.717, 1.165) is 19.0 Å². The van der Waals surface area contributed by atoms with Gasteiger partial charge >= 0.3 is 0 Å². The van der Waals surface area contributed by atoms with Crippen LogP contribution in [0.25, 0.3) is 0 Å². The van der Waals surface area contributed by atoms with Crippen LogP contribution in [0.4, 0.5) is 0 Å². The zero-order valence-electron chi connectivity index (χ0n) is 18.2. The molecule has 1 aromatic carbocycles. The van der Waals surface area contributed by atoms with E-state index in [9.17, 15) is 0 Å². The van der Waals surface area contributed by atoms with Crippen LogP contribution >= 0.6 is 0 Å². The molecule has 0 spiro atoms. The van der Waals surface area contributed by atoms with Crippen LogP contribution in [0.1, 0.15) is 38.5 Å². The van der Waals surface area contributed by atoms with Crippen molar-refractivity contribution in [2.24, 2.45) is 0 Å². The summed E-state index contributed by atoms with van der Waals surface area (Å²) in [6.45, 7) is 7.11. The highest BCUT2D eigenvalue weighted by Gasteiger charge is 2.28. The van der Waals surface area contributed by atoms with E-state index < -0.39 is 0 Å². The average molecular weight is 408 g/mol. The summed E-state index contributed by atoms with van der Waals surface area (Å²) in [6, 6.07) is 4.39. The van der Waals surface area contributed by atoms with Crippen molar-refractivity contribution >= 4 is 0 Å². The van der Waals surface area contributed by atoms with E-state index in [0.29, 0.717) is 23.0 Å². The molecule has 2 aliphatic heterocycles. The first-order valence-corrected chi connectivity index (χ1v) is 10.9. The van der Waals surface area contributed by atoms with Crippen molar-refractivity contribution in [2.75, 3.05) is 60.6 Å². The predicted octanol–water partition coefficient (Wildman–Crippen LogP) is 2.94. The summed E-state index contributed by atoms with van der Waals surface area (Å²) >= 11 is 0. The maximum Gasteiger partial charge on any atom is 0.203 e. The minimum atomic E-state index is 0.566. The van der Waals surface area contributed by atoms with Crippen LogP contribution < -0.4 is 24.5 Å². The Morgan fingerprint density at radius 1 is 0.931 bits per heavy atom. The van der Waals surface area contributed by atoms with Gasteiger partial charge in [0, 0.05) is 44.4 Å². The zero-order chi connectivity index (χ0) is 20.5. The second-order valence-corrected chi connectivity index (χ2v) is 7.90. The van der Waals surface area contributed by atoms with Crippen LogP contribution in [0.3, 0.4) is 0 Å². The number of unbranched alkanes of at least 4 members (excludes halogenated alkanes) is 2. The molecule has 2 saturated heterocycles. The van der Waals surface area contributed by atoms with Gasteiger partial charge in [-0.05, 0) is 38.8 Å². The highest BCUT2D eigenvalue weighted by Crippen LogP contribution is 2.40. The summed E-state index contributed by atoms with van der Waals surface area (Å²) in [4.78, 5) is 11.0. The lowest BCUT2D eigenvalue weighted by atomic mass is 9.99. The van der Waals surface area contributed by atoms with Crippen molar-refractivity contribution < 1.29 is 19.0 Å². The molecule has 0 aromatic heterocycles. The molecule has 3 rings (SSSR count). The SMILES string of the molecule is COc1cc(ONCCCCCN2CCN3CCCCC3C2)cc(OC)c1OC. The lowest BCUT2D eigenvalue weighted by molar-refractivity contribution is 0.0485. The molecule has 0 radical (unpaired) electrons. The standard InChI is InChI=1S/C22H37N3O4/c1-26-20-15-19(16-21(27-2)22(20)28-3)29-23-10-6-4-7-11-24-13-14-25-12-8-5-9-18(25)17-24/h15-16,18,23H,4-14,17H2,1-3H3. The van der Waals surface area contributed by atoms with E-state index in [1.165, 1.54) is 64.8 Å². The van der Waals surface area contributed by atoms with E-state index >= 15 is 0 Å². The van der Waals surface area contributed by atoms with Gasteiger partial charge in [0.2, 0.25) is 5.75 Å². The van der Waals surface area contributed by atoms with Crippen LogP contribution in [-0.2, 0) is 0 Å². The number of nitrogens with one attached hydrogen (secondary N) is 1. The number of fused-ring (bicyclic) bond motifs is 1. The van der Waals surface area contributed by atoms with Crippen LogP contribution in [0.2, 0.25) is 0 Å². The number of piperazine rings is 1. The number of methoxy groups -OCH3 is 3. The Kier molecular flexibility index (Phi) is 8.70. The highest BCUT2D eigenvalue weighted by atomic mass is 16.6. The van der Waals surface area contributed by atoms with Gasteiger partial charge < -0.3 is 23.9 Å². The first-order valence-electron chi connectivity index (χ1n) is 10.9. The lowest BCUT2D eigenvalue weighted by Gasteiger charge is -2.44. The number of hydroxylamine groups is 1. The van der Waals surface area contributed by atoms with Crippen LogP contribution in [0, 0.1) is 0 Å². The third kappa shape index (κ3) is 6.14. The molecule has 0 bridgehead atoms. The van der Waals surface area contributed by atoms with E-state index in [2.05, 4.69) is 15.3 Å². The number of nitrogens with zero attached hydrogens (tertiary/aromatic N) is 2. The van der Waals surface area contributed by atoms with Crippen molar-refractivity contribution in [3.8, 4) is 23.0 Å². The fourth-order valence-electron chi connectivity index (χ4n) is 4.38. The second kappa shape index (κ2) is 11.5. The molecule has 164 valence electrons. The van der Waals surface area contributed by atoms with E-state index in [1.54, 1.807) is 33.5 Å². The van der Waals surface area contributed by atoms with Gasteiger partial charge in [0.25, 0.3) is 0 Å². The first kappa shape index (κ1) is 22.0. The Labute approximate surface area is 175 Å². The molecule has 2 fully saturated rings. The molecule has 2 aliphatic rings. The molecule has 7 nitrogen and oxygen atoms in total. The van der Waals surface area contributed by atoms with E-state index in [-0.39, 0.29) is 0 Å². The largest absolute Gasteiger partial charge is 0.493 e. The van der Waals surface area contributed by atoms with Gasteiger partial charge in [-0.1, -0.05) is 12.8 Å². The number of benzene rings is 1. The van der Waals surface area contributed by atoms with Crippen molar-refractivity contribution in [2.45, 2.75) is 44.6 Å². The maximum absolute atomic E-state index is 5.66. The minimum absolute atomic E-state index is 0.566. The number of ether oxygens (including phenoxy) is 3. The zero-order valence-corrected chi connectivity index (χ0v) is 18.2. The van der Waals surface area contributed by atoms with Crippen LogP contribution in [0.5, 0.6) is 23.0 Å². The second-order valence-electron chi connectivity index (χ2n) is 7.90. The minimum Gasteiger partial charge on any atom is -0.493 e. The van der Waals surface area contributed by atoms with Gasteiger partial charge in [-0.2, -0.15) is 5.48 Å². The summed E-state index contributed by atoms with van der Waals surface area (Å²) in [5.74, 6) is 2.38. The third-order valence-electron chi connectivity index (χ3n) is 6.00. The van der Waals surface area contributed by atoms with Gasteiger partial charge in [0.05, 0.1) is 21.3 Å². The first-order chi connectivity index (χ1) is 14.2. The van der Waals surface area contributed by atoms with Gasteiger partial charge in [-0.25, -0.2) is 0 Å². The molecular weight excluding hydrogens is 370 g/mol. The number of piperidine rings is 1. The Balaban J connectivity index is 1.30. The number of rotatable bonds is 11. The molecular formula is C22H37N3O4. The van der Waals surface area contributed by atoms with Crippen molar-refractivity contribution in [3.63, 3.8) is 0 Å². The Bertz CT molecular complexity index is 603. The van der Waals surface area contributed by atoms with Gasteiger partial charge in [0.1, 0.15) is 0 Å². The summed E-state index contributed by atoms with van der Waals surface area (Å²) in [5, 5.41) is 0. The summed E-state index contributed by atoms with van der Waals surface area (Å²) in [7, 11) is 4.79. The highest BCUT2D eigenvalue weighted by molar-refractivity contribution is 5.55. The monoisotopic (exact) mass is 407 g/mol. The molecule has 2 heterocycles. The summed E-state index contributed by atoms with van der Waals surface area (Å²) in [5.41, 5.74) is 3.05.